The number of fused-ring (bicyclic) bond motifs is 1. The van der Waals surface area contributed by atoms with Gasteiger partial charge in [0, 0.05) is 16.0 Å². The Bertz CT molecular complexity index is 766. The Hall–Kier alpha value is -1.78. The van der Waals surface area contributed by atoms with Crippen molar-refractivity contribution in [3.8, 4) is 0 Å². The van der Waals surface area contributed by atoms with Gasteiger partial charge in [0.25, 0.3) is 0 Å². The van der Waals surface area contributed by atoms with Gasteiger partial charge in [-0.3, -0.25) is 0 Å². The molecule has 0 saturated carbocycles. The third kappa shape index (κ3) is 2.96. The number of furan rings is 1. The van der Waals surface area contributed by atoms with Gasteiger partial charge in [-0.25, -0.2) is 4.39 Å². The number of hydrogen-bond donors (Lipinski definition) is 1. The van der Waals surface area contributed by atoms with E-state index in [0.717, 1.165) is 16.5 Å². The molecule has 1 unspecified atom stereocenters. The summed E-state index contributed by atoms with van der Waals surface area (Å²) in [6, 6.07) is 14.3. The first-order chi connectivity index (χ1) is 10.1. The predicted octanol–water partition coefficient (Wildman–Crippen LogP) is 4.71. The van der Waals surface area contributed by atoms with Gasteiger partial charge < -0.3 is 9.52 Å². The monoisotopic (exact) mass is 302 g/mol. The predicted molar refractivity (Wildman–Crippen MR) is 83.0 cm³/mol. The number of hydrogen-bond acceptors (Lipinski definition) is 3. The first-order valence-electron chi connectivity index (χ1n) is 6.69. The Morgan fingerprint density at radius 2 is 2.00 bits per heavy atom. The smallest absolute Gasteiger partial charge is 0.137 e. The zero-order valence-electron chi connectivity index (χ0n) is 11.5. The summed E-state index contributed by atoms with van der Waals surface area (Å²) in [7, 11) is 0. The van der Waals surface area contributed by atoms with Crippen LogP contribution in [0, 0.1) is 12.7 Å². The van der Waals surface area contributed by atoms with E-state index >= 15 is 0 Å². The van der Waals surface area contributed by atoms with Crippen molar-refractivity contribution in [2.45, 2.75) is 17.9 Å². The summed E-state index contributed by atoms with van der Waals surface area (Å²) in [4.78, 5) is 0.531. The maximum atomic E-state index is 13.5. The van der Waals surface area contributed by atoms with E-state index in [9.17, 15) is 9.50 Å². The molecule has 0 aliphatic heterocycles. The van der Waals surface area contributed by atoms with Gasteiger partial charge in [-0.05, 0) is 30.7 Å². The molecular formula is C17H15FO2S. The lowest BCUT2D eigenvalue weighted by Gasteiger charge is -2.07. The van der Waals surface area contributed by atoms with Crippen LogP contribution in [0.4, 0.5) is 4.39 Å². The molecule has 21 heavy (non-hydrogen) atoms. The number of benzene rings is 2. The van der Waals surface area contributed by atoms with Crippen LogP contribution >= 0.6 is 11.8 Å². The van der Waals surface area contributed by atoms with Gasteiger partial charge in [0.05, 0.1) is 0 Å². The molecule has 0 radical (unpaired) electrons. The Balaban J connectivity index is 1.76. The van der Waals surface area contributed by atoms with Crippen molar-refractivity contribution in [1.29, 1.82) is 0 Å². The summed E-state index contributed by atoms with van der Waals surface area (Å²) in [6.07, 6.45) is -0.763. The van der Waals surface area contributed by atoms with E-state index in [-0.39, 0.29) is 5.82 Å². The van der Waals surface area contributed by atoms with E-state index in [0.29, 0.717) is 16.4 Å². The van der Waals surface area contributed by atoms with Crippen molar-refractivity contribution in [1.82, 2.24) is 0 Å². The number of rotatable bonds is 4. The highest BCUT2D eigenvalue weighted by Gasteiger charge is 2.15. The molecule has 2 nitrogen and oxygen atoms in total. The number of aliphatic hydroxyl groups excluding tert-OH is 1. The molecule has 1 atom stereocenters. The number of aryl methyl sites for hydroxylation is 1. The Labute approximate surface area is 126 Å². The van der Waals surface area contributed by atoms with Crippen LogP contribution in [0.2, 0.25) is 0 Å². The minimum Gasteiger partial charge on any atom is -0.458 e. The van der Waals surface area contributed by atoms with E-state index < -0.39 is 6.10 Å². The maximum Gasteiger partial charge on any atom is 0.137 e. The van der Waals surface area contributed by atoms with Crippen molar-refractivity contribution in [3.05, 3.63) is 65.7 Å². The van der Waals surface area contributed by atoms with E-state index in [4.69, 9.17) is 4.42 Å². The second-order valence-electron chi connectivity index (χ2n) is 4.90. The summed E-state index contributed by atoms with van der Waals surface area (Å²) in [5.74, 6) is 0.595. The molecular weight excluding hydrogens is 287 g/mol. The average molecular weight is 302 g/mol. The molecule has 4 heteroatoms. The highest BCUT2D eigenvalue weighted by molar-refractivity contribution is 7.99. The zero-order chi connectivity index (χ0) is 14.8. The number of halogens is 1. The zero-order valence-corrected chi connectivity index (χ0v) is 12.4. The lowest BCUT2D eigenvalue weighted by atomic mass is 10.2. The van der Waals surface area contributed by atoms with Crippen LogP contribution < -0.4 is 0 Å². The van der Waals surface area contributed by atoms with E-state index in [1.54, 1.807) is 18.2 Å². The first-order valence-corrected chi connectivity index (χ1v) is 7.68. The van der Waals surface area contributed by atoms with Crippen LogP contribution in [-0.2, 0) is 0 Å². The van der Waals surface area contributed by atoms with Gasteiger partial charge in [0.15, 0.2) is 0 Å². The van der Waals surface area contributed by atoms with Gasteiger partial charge >= 0.3 is 0 Å². The third-order valence-corrected chi connectivity index (χ3v) is 4.45. The van der Waals surface area contributed by atoms with Crippen LogP contribution in [0.1, 0.15) is 17.4 Å². The number of thioether (sulfide) groups is 1. The van der Waals surface area contributed by atoms with Crippen molar-refractivity contribution in [2.75, 3.05) is 5.75 Å². The molecule has 2 aromatic carbocycles. The van der Waals surface area contributed by atoms with Crippen LogP contribution in [0.3, 0.4) is 0 Å². The van der Waals surface area contributed by atoms with E-state index in [2.05, 4.69) is 0 Å². The summed E-state index contributed by atoms with van der Waals surface area (Å²) in [6.45, 7) is 1.97. The molecule has 1 heterocycles. The van der Waals surface area contributed by atoms with Gasteiger partial charge in [0.2, 0.25) is 0 Å². The third-order valence-electron chi connectivity index (χ3n) is 3.32. The minimum absolute atomic E-state index is 0.268. The molecule has 1 aromatic heterocycles. The minimum atomic E-state index is -0.763. The Morgan fingerprint density at radius 3 is 2.76 bits per heavy atom. The van der Waals surface area contributed by atoms with Gasteiger partial charge in [-0.15, -0.1) is 11.8 Å². The Morgan fingerprint density at radius 1 is 1.19 bits per heavy atom. The molecule has 108 valence electrons. The molecule has 3 rings (SSSR count). The van der Waals surface area contributed by atoms with Crippen molar-refractivity contribution < 1.29 is 13.9 Å². The fourth-order valence-corrected chi connectivity index (χ4v) is 3.09. The van der Waals surface area contributed by atoms with Crippen molar-refractivity contribution in [2.24, 2.45) is 0 Å². The molecule has 0 spiro atoms. The fourth-order valence-electron chi connectivity index (χ4n) is 2.21. The van der Waals surface area contributed by atoms with E-state index in [1.165, 1.54) is 17.8 Å². The van der Waals surface area contributed by atoms with Crippen LogP contribution in [0.15, 0.2) is 57.8 Å². The van der Waals surface area contributed by atoms with Crippen LogP contribution in [0.25, 0.3) is 11.0 Å². The number of aliphatic hydroxyl groups is 1. The van der Waals surface area contributed by atoms with Crippen molar-refractivity contribution >= 4 is 22.7 Å². The van der Waals surface area contributed by atoms with Crippen LogP contribution in [-0.4, -0.2) is 10.9 Å². The molecule has 0 amide bonds. The summed E-state index contributed by atoms with van der Waals surface area (Å²) >= 11 is 1.28. The Kier molecular flexibility index (Phi) is 3.99. The summed E-state index contributed by atoms with van der Waals surface area (Å²) < 4.78 is 19.3. The highest BCUT2D eigenvalue weighted by atomic mass is 32.2. The molecule has 0 saturated heterocycles. The van der Waals surface area contributed by atoms with Gasteiger partial charge in [-0.2, -0.15) is 0 Å². The normalized spacial score (nSPS) is 12.7. The van der Waals surface area contributed by atoms with Crippen LogP contribution in [0.5, 0.6) is 0 Å². The second kappa shape index (κ2) is 5.92. The quantitative estimate of drug-likeness (QED) is 0.709. The summed E-state index contributed by atoms with van der Waals surface area (Å²) in [5, 5.41) is 11.2. The van der Waals surface area contributed by atoms with Gasteiger partial charge in [-0.1, -0.05) is 30.3 Å². The molecule has 1 N–H and O–H groups in total. The molecule has 0 fully saturated rings. The fraction of sp³-hybridized carbons (Fsp3) is 0.176. The molecule has 3 aromatic rings. The second-order valence-corrected chi connectivity index (χ2v) is 5.96. The maximum absolute atomic E-state index is 13.5. The lowest BCUT2D eigenvalue weighted by molar-refractivity contribution is 0.176. The molecule has 0 bridgehead atoms. The SMILES string of the molecule is Cc1cccc2cc(C(O)CSc3ccccc3F)oc12. The average Bonchev–Trinajstić information content (AvgIpc) is 2.92. The highest BCUT2D eigenvalue weighted by Crippen LogP contribution is 2.30. The standard InChI is InChI=1S/C17H15FO2S/c1-11-5-4-6-12-9-15(20-17(11)12)14(19)10-21-16-8-3-2-7-13(16)18/h2-9,14,19H,10H2,1H3. The first kappa shape index (κ1) is 14.2. The lowest BCUT2D eigenvalue weighted by Crippen LogP contribution is -1.99. The van der Waals surface area contributed by atoms with E-state index in [1.807, 2.05) is 31.2 Å². The van der Waals surface area contributed by atoms with Crippen molar-refractivity contribution in [3.63, 3.8) is 0 Å². The summed E-state index contributed by atoms with van der Waals surface area (Å²) in [5.41, 5.74) is 1.83. The van der Waals surface area contributed by atoms with Gasteiger partial charge in [0.1, 0.15) is 23.3 Å². The number of para-hydroxylation sites is 1. The largest absolute Gasteiger partial charge is 0.458 e. The molecule has 0 aliphatic carbocycles. The topological polar surface area (TPSA) is 33.4 Å². The molecule has 0 aliphatic rings.